The van der Waals surface area contributed by atoms with Gasteiger partial charge in [-0.2, -0.15) is 8.78 Å². The van der Waals surface area contributed by atoms with E-state index >= 15 is 0 Å². The maximum absolute atomic E-state index is 13.1. The number of halogens is 3. The van der Waals surface area contributed by atoms with Gasteiger partial charge in [0.05, 0.1) is 6.54 Å². The number of hydrogen-bond acceptors (Lipinski definition) is 2. The Hall–Kier alpha value is -0.680. The summed E-state index contributed by atoms with van der Waals surface area (Å²) in [7, 11) is 0. The number of phenolic OH excluding ortho intramolecular Hbond substituents is 1. The highest BCUT2D eigenvalue weighted by atomic mass is 79.9. The lowest BCUT2D eigenvalue weighted by atomic mass is 10.1. The second-order valence-electron chi connectivity index (χ2n) is 2.57. The molecule has 0 aliphatic rings. The van der Waals surface area contributed by atoms with Crippen LogP contribution >= 0.6 is 15.9 Å². The second-order valence-corrected chi connectivity index (χ2v) is 3.43. The van der Waals surface area contributed by atoms with Crippen molar-refractivity contribution >= 4 is 15.9 Å². The highest BCUT2D eigenvalue weighted by Gasteiger charge is 2.31. The number of aromatic hydroxyl groups is 1. The van der Waals surface area contributed by atoms with Crippen LogP contribution in [0.3, 0.4) is 0 Å². The van der Waals surface area contributed by atoms with Crippen molar-refractivity contribution < 1.29 is 13.9 Å². The SMILES string of the molecule is NCC(F)(F)c1cc(O)ccc1Br. The van der Waals surface area contributed by atoms with E-state index in [0.717, 1.165) is 6.07 Å². The summed E-state index contributed by atoms with van der Waals surface area (Å²) < 4.78 is 26.4. The van der Waals surface area contributed by atoms with Crippen LogP contribution in [-0.2, 0) is 5.92 Å². The van der Waals surface area contributed by atoms with E-state index in [1.165, 1.54) is 12.1 Å². The molecule has 0 unspecified atom stereocenters. The summed E-state index contributed by atoms with van der Waals surface area (Å²) >= 11 is 2.96. The first-order chi connectivity index (χ1) is 5.97. The van der Waals surface area contributed by atoms with E-state index in [4.69, 9.17) is 10.8 Å². The smallest absolute Gasteiger partial charge is 0.286 e. The fourth-order valence-electron chi connectivity index (χ4n) is 0.904. The summed E-state index contributed by atoms with van der Waals surface area (Å²) in [5.74, 6) is -3.32. The van der Waals surface area contributed by atoms with Gasteiger partial charge in [-0.05, 0) is 18.2 Å². The van der Waals surface area contributed by atoms with Crippen molar-refractivity contribution in [2.45, 2.75) is 5.92 Å². The molecule has 0 saturated heterocycles. The minimum absolute atomic E-state index is 0.202. The lowest BCUT2D eigenvalue weighted by Gasteiger charge is -2.15. The van der Waals surface area contributed by atoms with Crippen molar-refractivity contribution in [2.24, 2.45) is 5.73 Å². The molecule has 0 heterocycles. The third-order valence-electron chi connectivity index (χ3n) is 1.60. The Bertz CT molecular complexity index is 317. The number of phenols is 1. The van der Waals surface area contributed by atoms with Crippen LogP contribution in [0.4, 0.5) is 8.78 Å². The van der Waals surface area contributed by atoms with Gasteiger partial charge in [0.1, 0.15) is 5.75 Å². The van der Waals surface area contributed by atoms with Crippen molar-refractivity contribution in [3.05, 3.63) is 28.2 Å². The topological polar surface area (TPSA) is 46.2 Å². The van der Waals surface area contributed by atoms with Gasteiger partial charge < -0.3 is 10.8 Å². The van der Waals surface area contributed by atoms with Gasteiger partial charge in [-0.3, -0.25) is 0 Å². The molecule has 0 amide bonds. The fourth-order valence-corrected chi connectivity index (χ4v) is 1.44. The Kier molecular flexibility index (Phi) is 2.87. The van der Waals surface area contributed by atoms with Gasteiger partial charge >= 0.3 is 0 Å². The molecule has 0 spiro atoms. The van der Waals surface area contributed by atoms with Crippen molar-refractivity contribution in [3.63, 3.8) is 0 Å². The van der Waals surface area contributed by atoms with Crippen LogP contribution in [0, 0.1) is 0 Å². The molecular formula is C8H8BrF2NO. The minimum Gasteiger partial charge on any atom is -0.508 e. The zero-order valence-corrected chi connectivity index (χ0v) is 8.18. The molecule has 3 N–H and O–H groups in total. The Morgan fingerprint density at radius 3 is 2.62 bits per heavy atom. The van der Waals surface area contributed by atoms with Gasteiger partial charge in [-0.25, -0.2) is 0 Å². The van der Waals surface area contributed by atoms with E-state index in [9.17, 15) is 8.78 Å². The lowest BCUT2D eigenvalue weighted by molar-refractivity contribution is 0.00500. The average Bonchev–Trinajstić information content (AvgIpc) is 2.09. The van der Waals surface area contributed by atoms with E-state index in [1.54, 1.807) is 0 Å². The van der Waals surface area contributed by atoms with Gasteiger partial charge in [0, 0.05) is 10.0 Å². The molecule has 0 saturated carbocycles. The molecule has 0 fully saturated rings. The molecule has 1 rings (SSSR count). The zero-order chi connectivity index (χ0) is 10.1. The van der Waals surface area contributed by atoms with Crippen LogP contribution in [0.1, 0.15) is 5.56 Å². The molecule has 1 aromatic rings. The highest BCUT2D eigenvalue weighted by molar-refractivity contribution is 9.10. The molecule has 0 bridgehead atoms. The molecule has 13 heavy (non-hydrogen) atoms. The molecular weight excluding hydrogens is 244 g/mol. The molecule has 2 nitrogen and oxygen atoms in total. The Morgan fingerprint density at radius 2 is 2.08 bits per heavy atom. The van der Waals surface area contributed by atoms with Gasteiger partial charge in [0.15, 0.2) is 0 Å². The summed E-state index contributed by atoms with van der Waals surface area (Å²) in [5, 5.41) is 9.00. The fraction of sp³-hybridized carbons (Fsp3) is 0.250. The lowest BCUT2D eigenvalue weighted by Crippen LogP contribution is -2.25. The Labute approximate surface area is 82.5 Å². The highest BCUT2D eigenvalue weighted by Crippen LogP contribution is 2.34. The Morgan fingerprint density at radius 1 is 1.46 bits per heavy atom. The molecule has 0 aromatic heterocycles. The van der Waals surface area contributed by atoms with Crippen molar-refractivity contribution in [1.29, 1.82) is 0 Å². The number of benzene rings is 1. The summed E-state index contributed by atoms with van der Waals surface area (Å²) in [4.78, 5) is 0. The van der Waals surface area contributed by atoms with Gasteiger partial charge in [-0.15, -0.1) is 0 Å². The first kappa shape index (κ1) is 10.4. The van der Waals surface area contributed by atoms with Crippen LogP contribution in [0.25, 0.3) is 0 Å². The van der Waals surface area contributed by atoms with Crippen molar-refractivity contribution in [1.82, 2.24) is 0 Å². The van der Waals surface area contributed by atoms with E-state index in [2.05, 4.69) is 15.9 Å². The molecule has 0 aliphatic heterocycles. The van der Waals surface area contributed by atoms with Gasteiger partial charge in [0.25, 0.3) is 5.92 Å². The average molecular weight is 252 g/mol. The number of nitrogens with two attached hydrogens (primary N) is 1. The molecule has 5 heteroatoms. The summed E-state index contributed by atoms with van der Waals surface area (Å²) in [5.41, 5.74) is 4.61. The predicted octanol–water partition coefficient (Wildman–Crippen LogP) is 2.21. The number of hydrogen-bond donors (Lipinski definition) is 2. The maximum atomic E-state index is 13.1. The third kappa shape index (κ3) is 2.16. The summed E-state index contributed by atoms with van der Waals surface area (Å²) in [6.45, 7) is -0.783. The summed E-state index contributed by atoms with van der Waals surface area (Å²) in [6, 6.07) is 3.67. The number of alkyl halides is 2. The van der Waals surface area contributed by atoms with Crippen LogP contribution in [0.2, 0.25) is 0 Å². The maximum Gasteiger partial charge on any atom is 0.286 e. The Balaban J connectivity index is 3.20. The molecule has 0 aliphatic carbocycles. The zero-order valence-electron chi connectivity index (χ0n) is 6.60. The number of rotatable bonds is 2. The molecule has 72 valence electrons. The third-order valence-corrected chi connectivity index (χ3v) is 2.29. The quantitative estimate of drug-likeness (QED) is 0.847. The van der Waals surface area contributed by atoms with Gasteiger partial charge in [0.2, 0.25) is 0 Å². The van der Waals surface area contributed by atoms with Crippen molar-refractivity contribution in [2.75, 3.05) is 6.54 Å². The predicted molar refractivity (Wildman–Crippen MR) is 48.8 cm³/mol. The van der Waals surface area contributed by atoms with E-state index in [1.807, 2.05) is 0 Å². The molecule has 0 radical (unpaired) electrons. The standard InChI is InChI=1S/C8H8BrF2NO/c9-7-2-1-5(13)3-6(7)8(10,11)4-12/h1-3,13H,4,12H2. The minimum atomic E-state index is -3.11. The van der Waals surface area contributed by atoms with Crippen LogP contribution in [0.5, 0.6) is 5.75 Å². The monoisotopic (exact) mass is 251 g/mol. The van der Waals surface area contributed by atoms with E-state index < -0.39 is 12.5 Å². The van der Waals surface area contributed by atoms with Crippen molar-refractivity contribution in [3.8, 4) is 5.75 Å². The van der Waals surface area contributed by atoms with Crippen LogP contribution < -0.4 is 5.73 Å². The first-order valence-electron chi connectivity index (χ1n) is 3.54. The summed E-state index contributed by atoms with van der Waals surface area (Å²) in [6.07, 6.45) is 0. The second kappa shape index (κ2) is 3.59. The molecule has 0 atom stereocenters. The van der Waals surface area contributed by atoms with E-state index in [0.29, 0.717) is 0 Å². The first-order valence-corrected chi connectivity index (χ1v) is 4.33. The van der Waals surface area contributed by atoms with Gasteiger partial charge in [-0.1, -0.05) is 15.9 Å². The largest absolute Gasteiger partial charge is 0.508 e. The van der Waals surface area contributed by atoms with Crippen LogP contribution in [-0.4, -0.2) is 11.7 Å². The normalized spacial score (nSPS) is 11.7. The van der Waals surface area contributed by atoms with E-state index in [-0.39, 0.29) is 15.8 Å². The van der Waals surface area contributed by atoms with Crippen LogP contribution in [0.15, 0.2) is 22.7 Å². The molecule has 1 aromatic carbocycles.